The van der Waals surface area contributed by atoms with Crippen LogP contribution in [0.4, 0.5) is 23.4 Å². The van der Waals surface area contributed by atoms with Crippen molar-refractivity contribution in [1.82, 2.24) is 19.5 Å². The summed E-state index contributed by atoms with van der Waals surface area (Å²) >= 11 is 0. The van der Waals surface area contributed by atoms with Crippen molar-refractivity contribution in [2.45, 2.75) is 32.0 Å². The quantitative estimate of drug-likeness (QED) is 0.339. The summed E-state index contributed by atoms with van der Waals surface area (Å²) in [6, 6.07) is 13.4. The first-order valence-corrected chi connectivity index (χ1v) is 12.0. The Balaban J connectivity index is 1.45. The molecule has 1 amide bonds. The number of carbonyl (C=O) groups is 1. The average molecular weight is 512 g/mol. The molecule has 2 atom stereocenters. The van der Waals surface area contributed by atoms with Crippen LogP contribution in [-0.2, 0) is 6.18 Å². The molecular weight excluding hydrogens is 486 g/mol. The minimum atomic E-state index is -4.46. The van der Waals surface area contributed by atoms with Gasteiger partial charge in [0.15, 0.2) is 0 Å². The summed E-state index contributed by atoms with van der Waals surface area (Å²) in [5.74, 6) is -0.121. The highest BCUT2D eigenvalue weighted by Crippen LogP contribution is 2.32. The lowest BCUT2D eigenvalue weighted by Crippen LogP contribution is -2.51. The normalized spacial score (nSPS) is 18.2. The van der Waals surface area contributed by atoms with Gasteiger partial charge in [-0.25, -0.2) is 13.9 Å². The number of aromatic nitrogens is 3. The number of nitrogens with zero attached hydrogens (tertiary/aromatic N) is 4. The fourth-order valence-corrected chi connectivity index (χ4v) is 4.85. The fourth-order valence-electron chi connectivity index (χ4n) is 4.85. The van der Waals surface area contributed by atoms with Gasteiger partial charge in [-0.05, 0) is 67.3 Å². The van der Waals surface area contributed by atoms with E-state index in [1.807, 2.05) is 23.1 Å². The van der Waals surface area contributed by atoms with Gasteiger partial charge in [0.1, 0.15) is 17.3 Å². The molecule has 1 aliphatic rings. The SMILES string of the molecule is C[C@@H]1CCCN(C(=O)c2c(-c3ccc(F)cc3)nn3ccccc23)[C@@H]1CNc1ccc(C(F)(F)F)cn1. The van der Waals surface area contributed by atoms with Crippen LogP contribution in [-0.4, -0.2) is 44.5 Å². The molecule has 3 aromatic heterocycles. The van der Waals surface area contributed by atoms with Crippen LogP contribution < -0.4 is 5.32 Å². The Bertz CT molecular complexity index is 1400. The second-order valence-corrected chi connectivity index (χ2v) is 9.26. The summed E-state index contributed by atoms with van der Waals surface area (Å²) < 4.78 is 53.9. The van der Waals surface area contributed by atoms with E-state index in [9.17, 15) is 22.4 Å². The molecule has 1 N–H and O–H groups in total. The Hall–Kier alpha value is -3.95. The first-order chi connectivity index (χ1) is 17.7. The maximum absolute atomic E-state index is 14.1. The van der Waals surface area contributed by atoms with Crippen molar-refractivity contribution in [3.8, 4) is 11.3 Å². The molecule has 37 heavy (non-hydrogen) atoms. The van der Waals surface area contributed by atoms with Crippen LogP contribution in [0.2, 0.25) is 0 Å². The van der Waals surface area contributed by atoms with Crippen molar-refractivity contribution >= 4 is 17.2 Å². The maximum atomic E-state index is 14.1. The molecule has 0 aliphatic carbocycles. The van der Waals surface area contributed by atoms with Crippen LogP contribution in [0.5, 0.6) is 0 Å². The number of hydrogen-bond donors (Lipinski definition) is 1. The third-order valence-electron chi connectivity index (χ3n) is 6.83. The highest BCUT2D eigenvalue weighted by molar-refractivity contribution is 6.06. The number of alkyl halides is 3. The molecule has 1 fully saturated rings. The lowest BCUT2D eigenvalue weighted by molar-refractivity contribution is -0.137. The minimum Gasteiger partial charge on any atom is -0.368 e. The van der Waals surface area contributed by atoms with E-state index in [-0.39, 0.29) is 23.7 Å². The van der Waals surface area contributed by atoms with Crippen LogP contribution in [0.3, 0.4) is 0 Å². The van der Waals surface area contributed by atoms with Crippen LogP contribution in [0.1, 0.15) is 35.7 Å². The van der Waals surface area contributed by atoms with Gasteiger partial charge in [-0.1, -0.05) is 13.0 Å². The summed E-state index contributed by atoms with van der Waals surface area (Å²) in [6.45, 7) is 2.92. The zero-order valence-electron chi connectivity index (χ0n) is 20.0. The molecule has 1 aliphatic heterocycles. The van der Waals surface area contributed by atoms with E-state index in [0.29, 0.717) is 41.2 Å². The molecule has 0 unspecified atom stereocenters. The highest BCUT2D eigenvalue weighted by Gasteiger charge is 2.35. The molecule has 4 heterocycles. The molecule has 4 aromatic rings. The molecule has 6 nitrogen and oxygen atoms in total. The number of fused-ring (bicyclic) bond motifs is 1. The van der Waals surface area contributed by atoms with Crippen LogP contribution >= 0.6 is 0 Å². The number of amides is 1. The highest BCUT2D eigenvalue weighted by atomic mass is 19.4. The molecule has 0 spiro atoms. The number of benzene rings is 1. The number of nitrogens with one attached hydrogen (secondary N) is 1. The van der Waals surface area contributed by atoms with Crippen molar-refractivity contribution in [3.63, 3.8) is 0 Å². The second-order valence-electron chi connectivity index (χ2n) is 9.26. The third kappa shape index (κ3) is 5.00. The van der Waals surface area contributed by atoms with E-state index in [2.05, 4.69) is 22.3 Å². The topological polar surface area (TPSA) is 62.5 Å². The Morgan fingerprint density at radius 2 is 1.89 bits per heavy atom. The Labute approximate surface area is 210 Å². The zero-order chi connectivity index (χ0) is 26.2. The smallest absolute Gasteiger partial charge is 0.368 e. The number of pyridine rings is 2. The van der Waals surface area contributed by atoms with Gasteiger partial charge in [0, 0.05) is 31.0 Å². The molecule has 5 rings (SSSR count). The maximum Gasteiger partial charge on any atom is 0.417 e. The first kappa shape index (κ1) is 24.7. The number of anilines is 1. The van der Waals surface area contributed by atoms with Gasteiger partial charge in [-0.3, -0.25) is 4.79 Å². The molecule has 10 heteroatoms. The zero-order valence-corrected chi connectivity index (χ0v) is 20.0. The summed E-state index contributed by atoms with van der Waals surface area (Å²) in [5, 5.41) is 7.73. The predicted octanol–water partition coefficient (Wildman–Crippen LogP) is 5.91. The van der Waals surface area contributed by atoms with Gasteiger partial charge >= 0.3 is 6.18 Å². The second kappa shape index (κ2) is 9.84. The molecule has 1 aromatic carbocycles. The van der Waals surface area contributed by atoms with E-state index < -0.39 is 11.7 Å². The lowest BCUT2D eigenvalue weighted by Gasteiger charge is -2.40. The predicted molar refractivity (Wildman–Crippen MR) is 132 cm³/mol. The number of hydrogen-bond acceptors (Lipinski definition) is 4. The van der Waals surface area contributed by atoms with E-state index in [1.165, 1.54) is 18.2 Å². The first-order valence-electron chi connectivity index (χ1n) is 12.0. The average Bonchev–Trinajstić information content (AvgIpc) is 3.27. The Morgan fingerprint density at radius 3 is 2.59 bits per heavy atom. The molecular formula is C27H25F4N5O. The van der Waals surface area contributed by atoms with Gasteiger partial charge in [0.2, 0.25) is 0 Å². The van der Waals surface area contributed by atoms with E-state index in [4.69, 9.17) is 0 Å². The summed E-state index contributed by atoms with van der Waals surface area (Å²) in [7, 11) is 0. The fraction of sp³-hybridized carbons (Fsp3) is 0.296. The standard InChI is InChI=1S/C27H25F4N5O/c1-17-5-4-13-35(22(17)16-33-23-12-9-19(15-32-23)27(29,30)31)26(37)24-21-6-2-3-14-36(21)34-25(24)18-7-10-20(28)11-8-18/h2-3,6-12,14-15,17,22H,4-5,13,16H2,1H3,(H,32,33)/t17-,22-/m1/s1. The van der Waals surface area contributed by atoms with Crippen LogP contribution in [0, 0.1) is 11.7 Å². The van der Waals surface area contributed by atoms with E-state index >= 15 is 0 Å². The summed E-state index contributed by atoms with van der Waals surface area (Å²) in [6.07, 6.45) is -0.163. The van der Waals surface area contributed by atoms with Gasteiger partial charge in [0.05, 0.1) is 22.7 Å². The number of rotatable bonds is 5. The number of piperidine rings is 1. The van der Waals surface area contributed by atoms with Crippen LogP contribution in [0.15, 0.2) is 67.0 Å². The van der Waals surface area contributed by atoms with E-state index in [1.54, 1.807) is 22.8 Å². The van der Waals surface area contributed by atoms with E-state index in [0.717, 1.165) is 25.1 Å². The molecule has 0 bridgehead atoms. The minimum absolute atomic E-state index is 0.149. The van der Waals surface area contributed by atoms with Gasteiger partial charge in [-0.2, -0.15) is 18.3 Å². The Morgan fingerprint density at radius 1 is 1.11 bits per heavy atom. The number of likely N-dealkylation sites (tertiary alicyclic amines) is 1. The number of carbonyl (C=O) groups excluding carboxylic acids is 1. The molecule has 0 saturated carbocycles. The van der Waals surface area contributed by atoms with Crippen molar-refractivity contribution in [2.75, 3.05) is 18.4 Å². The lowest BCUT2D eigenvalue weighted by atomic mass is 9.89. The Kier molecular flexibility index (Phi) is 6.57. The van der Waals surface area contributed by atoms with Gasteiger partial charge in [-0.15, -0.1) is 0 Å². The molecule has 1 saturated heterocycles. The molecule has 0 radical (unpaired) electrons. The summed E-state index contributed by atoms with van der Waals surface area (Å²) in [5.41, 5.74) is 1.34. The van der Waals surface area contributed by atoms with Crippen molar-refractivity contribution in [3.05, 3.63) is 83.9 Å². The van der Waals surface area contributed by atoms with Crippen molar-refractivity contribution < 1.29 is 22.4 Å². The monoisotopic (exact) mass is 511 g/mol. The van der Waals surface area contributed by atoms with Crippen molar-refractivity contribution in [2.24, 2.45) is 5.92 Å². The van der Waals surface area contributed by atoms with Gasteiger partial charge < -0.3 is 10.2 Å². The largest absolute Gasteiger partial charge is 0.417 e. The van der Waals surface area contributed by atoms with Crippen molar-refractivity contribution in [1.29, 1.82) is 0 Å². The summed E-state index contributed by atoms with van der Waals surface area (Å²) in [4.78, 5) is 19.8. The number of halogens is 4. The van der Waals surface area contributed by atoms with Crippen LogP contribution in [0.25, 0.3) is 16.8 Å². The molecule has 192 valence electrons. The third-order valence-corrected chi connectivity index (χ3v) is 6.83. The van der Waals surface area contributed by atoms with Gasteiger partial charge in [0.25, 0.3) is 5.91 Å².